The maximum Gasteiger partial charge on any atom is 0.248 e. The Morgan fingerprint density at radius 3 is 2.32 bits per heavy atom. The lowest BCUT2D eigenvalue weighted by molar-refractivity contribution is -0.111. The highest BCUT2D eigenvalue weighted by Gasteiger charge is 2.00. The van der Waals surface area contributed by atoms with E-state index in [4.69, 9.17) is 4.74 Å². The van der Waals surface area contributed by atoms with Crippen LogP contribution >= 0.6 is 15.9 Å². The van der Waals surface area contributed by atoms with E-state index in [2.05, 4.69) is 21.2 Å². The summed E-state index contributed by atoms with van der Waals surface area (Å²) in [5, 5.41) is 2.82. The molecule has 0 saturated heterocycles. The normalized spacial score (nSPS) is 10.6. The van der Waals surface area contributed by atoms with Crippen molar-refractivity contribution in [2.75, 3.05) is 5.32 Å². The second-order valence-corrected chi connectivity index (χ2v) is 6.23. The van der Waals surface area contributed by atoms with E-state index in [0.717, 1.165) is 15.8 Å². The number of para-hydroxylation sites is 1. The molecule has 0 unspecified atom stereocenters. The summed E-state index contributed by atoms with van der Waals surface area (Å²) < 4.78 is 6.70. The van der Waals surface area contributed by atoms with Crippen LogP contribution in [-0.2, 0) is 4.79 Å². The van der Waals surface area contributed by atoms with Crippen LogP contribution in [0.15, 0.2) is 89.4 Å². The molecule has 3 aromatic rings. The van der Waals surface area contributed by atoms with Gasteiger partial charge < -0.3 is 10.1 Å². The number of hydrogen-bond acceptors (Lipinski definition) is 2. The maximum absolute atomic E-state index is 12.0. The van der Waals surface area contributed by atoms with Crippen molar-refractivity contribution in [3.63, 3.8) is 0 Å². The molecule has 1 N–H and O–H groups in total. The summed E-state index contributed by atoms with van der Waals surface area (Å²) in [5.41, 5.74) is 1.67. The van der Waals surface area contributed by atoms with Crippen molar-refractivity contribution in [2.45, 2.75) is 0 Å². The Balaban J connectivity index is 1.58. The second-order valence-electron chi connectivity index (χ2n) is 5.32. The van der Waals surface area contributed by atoms with Gasteiger partial charge in [0.15, 0.2) is 0 Å². The molecule has 25 heavy (non-hydrogen) atoms. The number of nitrogens with one attached hydrogen (secondary N) is 1. The molecule has 124 valence electrons. The van der Waals surface area contributed by atoms with Crippen LogP contribution in [0.5, 0.6) is 11.5 Å². The third-order valence-corrected chi connectivity index (χ3v) is 3.87. The number of benzene rings is 3. The Morgan fingerprint density at radius 1 is 0.880 bits per heavy atom. The van der Waals surface area contributed by atoms with Crippen LogP contribution in [0, 0.1) is 0 Å². The van der Waals surface area contributed by atoms with E-state index in [1.54, 1.807) is 6.08 Å². The van der Waals surface area contributed by atoms with Gasteiger partial charge in [0.1, 0.15) is 11.5 Å². The molecule has 0 aromatic heterocycles. The zero-order valence-electron chi connectivity index (χ0n) is 13.4. The van der Waals surface area contributed by atoms with Gasteiger partial charge in [-0.15, -0.1) is 0 Å². The number of rotatable bonds is 5. The van der Waals surface area contributed by atoms with Crippen LogP contribution in [0.3, 0.4) is 0 Å². The molecule has 0 aliphatic carbocycles. The molecular weight excluding hydrogens is 378 g/mol. The van der Waals surface area contributed by atoms with E-state index in [9.17, 15) is 4.79 Å². The summed E-state index contributed by atoms with van der Waals surface area (Å²) in [6.07, 6.45) is 3.28. The van der Waals surface area contributed by atoms with Crippen molar-refractivity contribution >= 4 is 33.6 Å². The van der Waals surface area contributed by atoms with Crippen molar-refractivity contribution in [1.82, 2.24) is 0 Å². The summed E-state index contributed by atoms with van der Waals surface area (Å²) in [7, 11) is 0. The van der Waals surface area contributed by atoms with Crippen molar-refractivity contribution < 1.29 is 9.53 Å². The number of anilines is 1. The van der Waals surface area contributed by atoms with Gasteiger partial charge in [0, 0.05) is 16.2 Å². The van der Waals surface area contributed by atoms with Crippen LogP contribution in [0.4, 0.5) is 5.69 Å². The van der Waals surface area contributed by atoms with E-state index in [-0.39, 0.29) is 5.91 Å². The van der Waals surface area contributed by atoms with Crippen LogP contribution in [0.1, 0.15) is 5.56 Å². The fraction of sp³-hybridized carbons (Fsp3) is 0. The van der Waals surface area contributed by atoms with Crippen molar-refractivity contribution in [2.24, 2.45) is 0 Å². The summed E-state index contributed by atoms with van der Waals surface area (Å²) in [6.45, 7) is 0. The maximum atomic E-state index is 12.0. The van der Waals surface area contributed by atoms with Gasteiger partial charge in [0.05, 0.1) is 0 Å². The Hall–Kier alpha value is -2.85. The van der Waals surface area contributed by atoms with Gasteiger partial charge in [-0.2, -0.15) is 0 Å². The number of carbonyl (C=O) groups is 1. The topological polar surface area (TPSA) is 38.3 Å². The smallest absolute Gasteiger partial charge is 0.248 e. The molecule has 0 atom stereocenters. The molecular formula is C21H16BrNO2. The lowest BCUT2D eigenvalue weighted by Gasteiger charge is -2.07. The minimum Gasteiger partial charge on any atom is -0.457 e. The van der Waals surface area contributed by atoms with Crippen molar-refractivity contribution in [3.05, 3.63) is 95.0 Å². The van der Waals surface area contributed by atoms with Gasteiger partial charge in [0.2, 0.25) is 5.91 Å². The Bertz CT molecular complexity index is 874. The van der Waals surface area contributed by atoms with E-state index in [1.807, 2.05) is 78.9 Å². The molecule has 0 spiro atoms. The fourth-order valence-corrected chi connectivity index (χ4v) is 2.61. The molecule has 0 fully saturated rings. The standard InChI is InChI=1S/C21H16BrNO2/c22-17-6-4-5-16(15-17)9-14-21(24)23-18-10-12-20(13-11-18)25-19-7-2-1-3-8-19/h1-15H,(H,23,24)/b14-9+. The van der Waals surface area contributed by atoms with Gasteiger partial charge in [-0.1, -0.05) is 46.3 Å². The summed E-state index contributed by atoms with van der Waals surface area (Å²) in [6, 6.07) is 24.6. The van der Waals surface area contributed by atoms with Crippen molar-refractivity contribution in [3.8, 4) is 11.5 Å². The lowest BCUT2D eigenvalue weighted by Crippen LogP contribution is -2.07. The highest BCUT2D eigenvalue weighted by atomic mass is 79.9. The van der Waals surface area contributed by atoms with Gasteiger partial charge in [-0.05, 0) is 60.2 Å². The monoisotopic (exact) mass is 393 g/mol. The van der Waals surface area contributed by atoms with E-state index in [1.165, 1.54) is 6.08 Å². The SMILES string of the molecule is O=C(/C=C/c1cccc(Br)c1)Nc1ccc(Oc2ccccc2)cc1. The molecule has 0 heterocycles. The molecule has 4 heteroatoms. The molecule has 3 nitrogen and oxygen atoms in total. The van der Waals surface area contributed by atoms with Gasteiger partial charge in [-0.25, -0.2) is 0 Å². The minimum absolute atomic E-state index is 0.184. The highest BCUT2D eigenvalue weighted by Crippen LogP contribution is 2.22. The summed E-state index contributed by atoms with van der Waals surface area (Å²) in [4.78, 5) is 12.0. The Labute approximate surface area is 155 Å². The van der Waals surface area contributed by atoms with Gasteiger partial charge in [-0.3, -0.25) is 4.79 Å². The summed E-state index contributed by atoms with van der Waals surface area (Å²) >= 11 is 3.41. The molecule has 0 aliphatic rings. The van der Waals surface area contributed by atoms with Crippen molar-refractivity contribution in [1.29, 1.82) is 0 Å². The van der Waals surface area contributed by atoms with Crippen LogP contribution in [0.2, 0.25) is 0 Å². The fourth-order valence-electron chi connectivity index (χ4n) is 2.20. The lowest BCUT2D eigenvalue weighted by atomic mass is 10.2. The average Bonchev–Trinajstić information content (AvgIpc) is 2.63. The quantitative estimate of drug-likeness (QED) is 0.548. The van der Waals surface area contributed by atoms with E-state index >= 15 is 0 Å². The first-order valence-electron chi connectivity index (χ1n) is 7.77. The van der Waals surface area contributed by atoms with Crippen LogP contribution in [0.25, 0.3) is 6.08 Å². The first-order valence-corrected chi connectivity index (χ1v) is 8.56. The number of carbonyl (C=O) groups excluding carboxylic acids is 1. The predicted octanol–water partition coefficient (Wildman–Crippen LogP) is 5.89. The van der Waals surface area contributed by atoms with Gasteiger partial charge >= 0.3 is 0 Å². The Kier molecular flexibility index (Phi) is 5.65. The third kappa shape index (κ3) is 5.33. The molecule has 0 bridgehead atoms. The largest absolute Gasteiger partial charge is 0.457 e. The van der Waals surface area contributed by atoms with E-state index < -0.39 is 0 Å². The molecule has 0 radical (unpaired) electrons. The minimum atomic E-state index is -0.184. The zero-order valence-corrected chi connectivity index (χ0v) is 14.9. The third-order valence-electron chi connectivity index (χ3n) is 3.38. The first kappa shape index (κ1) is 17.0. The van der Waals surface area contributed by atoms with Crippen LogP contribution in [-0.4, -0.2) is 5.91 Å². The summed E-state index contributed by atoms with van der Waals surface area (Å²) in [5.74, 6) is 1.31. The predicted molar refractivity (Wildman–Crippen MR) is 105 cm³/mol. The Morgan fingerprint density at radius 2 is 1.60 bits per heavy atom. The molecule has 1 amide bonds. The number of ether oxygens (including phenoxy) is 1. The van der Waals surface area contributed by atoms with E-state index in [0.29, 0.717) is 11.4 Å². The number of hydrogen-bond donors (Lipinski definition) is 1. The molecule has 3 rings (SSSR count). The highest BCUT2D eigenvalue weighted by molar-refractivity contribution is 9.10. The molecule has 3 aromatic carbocycles. The molecule has 0 saturated carbocycles. The number of halogens is 1. The van der Waals surface area contributed by atoms with Crippen LogP contribution < -0.4 is 10.1 Å². The average molecular weight is 394 g/mol. The first-order chi connectivity index (χ1) is 12.2. The zero-order chi connectivity index (χ0) is 17.5. The second kappa shape index (κ2) is 8.31. The number of amides is 1. The van der Waals surface area contributed by atoms with Gasteiger partial charge in [0.25, 0.3) is 0 Å². The molecule has 0 aliphatic heterocycles.